The van der Waals surface area contributed by atoms with Gasteiger partial charge >= 0.3 is 0 Å². The van der Waals surface area contributed by atoms with Crippen LogP contribution in [0.25, 0.3) is 0 Å². The highest BCUT2D eigenvalue weighted by Gasteiger charge is 2.27. The number of amides is 1. The van der Waals surface area contributed by atoms with Gasteiger partial charge < -0.3 is 10.1 Å². The van der Waals surface area contributed by atoms with E-state index in [1.807, 2.05) is 24.3 Å². The number of benzene rings is 2. The zero-order valence-electron chi connectivity index (χ0n) is 15.8. The highest BCUT2D eigenvalue weighted by Crippen LogP contribution is 2.33. The summed E-state index contributed by atoms with van der Waals surface area (Å²) in [6.07, 6.45) is 3.10. The first kappa shape index (κ1) is 20.6. The van der Waals surface area contributed by atoms with E-state index in [-0.39, 0.29) is 23.4 Å². The lowest BCUT2D eigenvalue weighted by molar-refractivity contribution is -0.117. The van der Waals surface area contributed by atoms with Crippen molar-refractivity contribution in [3.63, 3.8) is 0 Å². The molecule has 0 radical (unpaired) electrons. The number of nitrogens with one attached hydrogen (secondary N) is 1. The molecule has 0 bridgehead atoms. The van der Waals surface area contributed by atoms with Crippen LogP contribution in [0.5, 0.6) is 5.75 Å². The van der Waals surface area contributed by atoms with Crippen LogP contribution >= 0.6 is 11.6 Å². The fourth-order valence-electron chi connectivity index (χ4n) is 3.42. The summed E-state index contributed by atoms with van der Waals surface area (Å²) in [6, 6.07) is 12.3. The number of methoxy groups -OCH3 is 1. The van der Waals surface area contributed by atoms with Crippen molar-refractivity contribution in [2.45, 2.75) is 23.8 Å². The average molecular weight is 423 g/mol. The Bertz CT molecular complexity index is 961. The zero-order valence-corrected chi connectivity index (χ0v) is 17.4. The van der Waals surface area contributed by atoms with E-state index in [0.29, 0.717) is 10.7 Å². The Morgan fingerprint density at radius 2 is 1.96 bits per heavy atom. The molecule has 1 amide bonds. The molecule has 28 heavy (non-hydrogen) atoms. The van der Waals surface area contributed by atoms with Crippen molar-refractivity contribution in [1.82, 2.24) is 4.90 Å². The minimum absolute atomic E-state index is 0.115. The van der Waals surface area contributed by atoms with Crippen molar-refractivity contribution in [3.8, 4) is 5.75 Å². The number of sulfone groups is 1. The summed E-state index contributed by atoms with van der Waals surface area (Å²) in [5, 5.41) is 3.04. The van der Waals surface area contributed by atoms with Crippen LogP contribution in [0.3, 0.4) is 0 Å². The first-order valence-corrected chi connectivity index (χ1v) is 11.2. The number of ether oxygens (including phenoxy) is 1. The molecule has 1 aliphatic rings. The Morgan fingerprint density at radius 1 is 1.25 bits per heavy atom. The van der Waals surface area contributed by atoms with Crippen molar-refractivity contribution in [1.29, 1.82) is 0 Å². The molecule has 150 valence electrons. The maximum atomic E-state index is 12.6. The van der Waals surface area contributed by atoms with Gasteiger partial charge in [0.15, 0.2) is 9.84 Å². The molecule has 1 saturated heterocycles. The average Bonchev–Trinajstić information content (AvgIpc) is 3.10. The van der Waals surface area contributed by atoms with Gasteiger partial charge in [-0.3, -0.25) is 9.69 Å². The quantitative estimate of drug-likeness (QED) is 0.770. The van der Waals surface area contributed by atoms with Gasteiger partial charge in [-0.1, -0.05) is 23.7 Å². The summed E-state index contributed by atoms with van der Waals surface area (Å²) >= 11 is 6.13. The molecular weight excluding hydrogens is 400 g/mol. The van der Waals surface area contributed by atoms with Crippen molar-refractivity contribution in [2.24, 2.45) is 0 Å². The minimum atomic E-state index is -3.38. The van der Waals surface area contributed by atoms with Gasteiger partial charge in [0, 0.05) is 12.3 Å². The van der Waals surface area contributed by atoms with E-state index >= 15 is 0 Å². The second-order valence-electron chi connectivity index (χ2n) is 6.86. The lowest BCUT2D eigenvalue weighted by Crippen LogP contribution is -2.33. The van der Waals surface area contributed by atoms with Crippen LogP contribution in [0.15, 0.2) is 47.4 Å². The number of halogens is 1. The summed E-state index contributed by atoms with van der Waals surface area (Å²) < 4.78 is 28.7. The Hall–Kier alpha value is -2.09. The van der Waals surface area contributed by atoms with E-state index in [2.05, 4.69) is 10.2 Å². The van der Waals surface area contributed by atoms with Crippen LogP contribution in [-0.4, -0.2) is 45.7 Å². The summed E-state index contributed by atoms with van der Waals surface area (Å²) in [4.78, 5) is 14.8. The molecule has 1 unspecified atom stereocenters. The fraction of sp³-hybridized carbons (Fsp3) is 0.350. The van der Waals surface area contributed by atoms with Gasteiger partial charge in [0.05, 0.1) is 29.3 Å². The largest absolute Gasteiger partial charge is 0.497 e. The number of nitrogens with zero attached hydrogens (tertiary/aromatic N) is 1. The summed E-state index contributed by atoms with van der Waals surface area (Å²) in [6.45, 7) is 1.03. The van der Waals surface area contributed by atoms with Gasteiger partial charge in [0.25, 0.3) is 0 Å². The molecule has 1 atom stereocenters. The highest BCUT2D eigenvalue weighted by atomic mass is 35.5. The van der Waals surface area contributed by atoms with E-state index in [1.165, 1.54) is 18.2 Å². The van der Waals surface area contributed by atoms with E-state index in [0.717, 1.165) is 37.0 Å². The molecule has 0 aliphatic carbocycles. The highest BCUT2D eigenvalue weighted by molar-refractivity contribution is 7.90. The van der Waals surface area contributed by atoms with Crippen LogP contribution in [-0.2, 0) is 14.6 Å². The minimum Gasteiger partial charge on any atom is -0.497 e. The molecule has 2 aromatic rings. The first-order chi connectivity index (χ1) is 13.3. The molecule has 1 heterocycles. The standard InChI is InChI=1S/C20H23ClN2O4S/c1-27-15-7-5-14(6-8-15)19-4-3-11-23(19)13-20(24)22-18-12-16(28(2,25)26)9-10-17(18)21/h5-10,12,19H,3-4,11,13H2,1-2H3,(H,22,24). The second-order valence-corrected chi connectivity index (χ2v) is 9.29. The molecule has 6 nitrogen and oxygen atoms in total. The van der Waals surface area contributed by atoms with E-state index in [9.17, 15) is 13.2 Å². The Labute approximate surface area is 170 Å². The molecule has 8 heteroatoms. The lowest BCUT2D eigenvalue weighted by atomic mass is 10.0. The fourth-order valence-corrected chi connectivity index (χ4v) is 4.24. The van der Waals surface area contributed by atoms with Crippen molar-refractivity contribution in [3.05, 3.63) is 53.1 Å². The van der Waals surface area contributed by atoms with E-state index in [1.54, 1.807) is 7.11 Å². The maximum absolute atomic E-state index is 12.6. The number of likely N-dealkylation sites (tertiary alicyclic amines) is 1. The zero-order chi connectivity index (χ0) is 20.3. The van der Waals surface area contributed by atoms with Gasteiger partial charge in [-0.25, -0.2) is 8.42 Å². The number of anilines is 1. The van der Waals surface area contributed by atoms with Gasteiger partial charge in [0.1, 0.15) is 5.75 Å². The number of carbonyl (C=O) groups is 1. The van der Waals surface area contributed by atoms with Gasteiger partial charge in [-0.2, -0.15) is 0 Å². The summed E-state index contributed by atoms with van der Waals surface area (Å²) in [7, 11) is -1.75. The molecular formula is C20H23ClN2O4S. The van der Waals surface area contributed by atoms with E-state index in [4.69, 9.17) is 16.3 Å². The maximum Gasteiger partial charge on any atom is 0.238 e. The Morgan fingerprint density at radius 3 is 2.61 bits per heavy atom. The molecule has 1 N–H and O–H groups in total. The third-order valence-corrected chi connectivity index (χ3v) is 6.29. The molecule has 1 fully saturated rings. The van der Waals surface area contributed by atoms with Crippen LogP contribution < -0.4 is 10.1 Å². The Balaban J connectivity index is 1.70. The van der Waals surface area contributed by atoms with Crippen LogP contribution in [0.4, 0.5) is 5.69 Å². The number of rotatable bonds is 6. The van der Waals surface area contributed by atoms with Crippen molar-refractivity contribution >= 4 is 33.0 Å². The normalized spacial score (nSPS) is 17.5. The van der Waals surface area contributed by atoms with Gasteiger partial charge in [-0.15, -0.1) is 0 Å². The van der Waals surface area contributed by atoms with Crippen molar-refractivity contribution < 1.29 is 17.9 Å². The first-order valence-electron chi connectivity index (χ1n) is 8.95. The van der Waals surface area contributed by atoms with Crippen LogP contribution in [0, 0.1) is 0 Å². The van der Waals surface area contributed by atoms with E-state index < -0.39 is 9.84 Å². The molecule has 0 saturated carbocycles. The number of hydrogen-bond acceptors (Lipinski definition) is 5. The molecule has 2 aromatic carbocycles. The summed E-state index contributed by atoms with van der Waals surface area (Å²) in [5.41, 5.74) is 1.44. The Kier molecular flexibility index (Phi) is 6.27. The van der Waals surface area contributed by atoms with Crippen molar-refractivity contribution in [2.75, 3.05) is 31.8 Å². The van der Waals surface area contributed by atoms with Crippen LogP contribution in [0.2, 0.25) is 5.02 Å². The topological polar surface area (TPSA) is 75.7 Å². The second kappa shape index (κ2) is 8.51. The van der Waals surface area contributed by atoms with Gasteiger partial charge in [0.2, 0.25) is 5.91 Å². The lowest BCUT2D eigenvalue weighted by Gasteiger charge is -2.24. The molecule has 1 aliphatic heterocycles. The third kappa shape index (κ3) is 4.84. The smallest absolute Gasteiger partial charge is 0.238 e. The molecule has 0 spiro atoms. The summed E-state index contributed by atoms with van der Waals surface area (Å²) in [5.74, 6) is 0.569. The predicted octanol–water partition coefficient (Wildman–Crippen LogP) is 3.53. The van der Waals surface area contributed by atoms with Crippen LogP contribution in [0.1, 0.15) is 24.4 Å². The molecule has 3 rings (SSSR count). The number of carbonyl (C=O) groups excluding carboxylic acids is 1. The monoisotopic (exact) mass is 422 g/mol. The third-order valence-electron chi connectivity index (χ3n) is 4.85. The number of hydrogen-bond donors (Lipinski definition) is 1. The predicted molar refractivity (Wildman–Crippen MR) is 110 cm³/mol. The van der Waals surface area contributed by atoms with Gasteiger partial charge in [-0.05, 0) is 55.3 Å². The SMILES string of the molecule is COc1ccc(C2CCCN2CC(=O)Nc2cc(S(C)(=O)=O)ccc2Cl)cc1. The molecule has 0 aromatic heterocycles.